The monoisotopic (exact) mass is 474 g/mol. The number of carbonyl (C=O) groups is 2. The zero-order valence-electron chi connectivity index (χ0n) is 20.8. The Kier molecular flexibility index (Phi) is 8.66. The highest BCUT2D eigenvalue weighted by Gasteiger charge is 2.28. The summed E-state index contributed by atoms with van der Waals surface area (Å²) < 4.78 is 5.32. The number of anilines is 1. The van der Waals surface area contributed by atoms with Crippen LogP contribution in [0.5, 0.6) is 0 Å². The van der Waals surface area contributed by atoms with E-state index in [1.165, 1.54) is 0 Å². The van der Waals surface area contributed by atoms with Gasteiger partial charge in [0.05, 0.1) is 6.42 Å². The fraction of sp³-hybridized carbons (Fsp3) is 0.310. The second-order valence-corrected chi connectivity index (χ2v) is 9.61. The smallest absolute Gasteiger partial charge is 0.412 e. The zero-order chi connectivity index (χ0) is 25.4. The van der Waals surface area contributed by atoms with E-state index in [2.05, 4.69) is 41.4 Å². The summed E-state index contributed by atoms with van der Waals surface area (Å²) in [7, 11) is 0. The van der Waals surface area contributed by atoms with Gasteiger partial charge in [0.1, 0.15) is 5.60 Å². The number of hydrogen-bond donors (Lipinski definition) is 2. The van der Waals surface area contributed by atoms with Crippen molar-refractivity contribution >= 4 is 17.7 Å². The van der Waals surface area contributed by atoms with E-state index in [-0.39, 0.29) is 18.5 Å². The van der Waals surface area contributed by atoms with Crippen molar-refractivity contribution in [1.29, 1.82) is 0 Å². The highest BCUT2D eigenvalue weighted by atomic mass is 16.6. The van der Waals surface area contributed by atoms with Crippen LogP contribution in [-0.2, 0) is 16.1 Å². The largest absolute Gasteiger partial charge is 0.481 e. The standard InChI is InChI=1S/C29H34N2O4/c1-21(23-13-9-6-10-14-23)31(20-22-11-7-5-8-12-22)26(19-27(32)33)24-15-17-25(18-16-24)30-28(34)35-29(2,3)4/h5-18,21,26H,19-20H2,1-4H3,(H,30,34)(H,32,33)/t21-,26+/m1/s1. The molecule has 3 aromatic carbocycles. The third-order valence-electron chi connectivity index (χ3n) is 5.70. The molecule has 0 saturated carbocycles. The maximum atomic E-state index is 12.1. The van der Waals surface area contributed by atoms with Gasteiger partial charge in [0.15, 0.2) is 0 Å². The molecular formula is C29H34N2O4. The van der Waals surface area contributed by atoms with E-state index in [0.717, 1.165) is 16.7 Å². The predicted molar refractivity (Wildman–Crippen MR) is 138 cm³/mol. The third-order valence-corrected chi connectivity index (χ3v) is 5.70. The predicted octanol–water partition coefficient (Wildman–Crippen LogP) is 6.81. The molecule has 0 radical (unpaired) electrons. The molecule has 35 heavy (non-hydrogen) atoms. The molecule has 0 saturated heterocycles. The third kappa shape index (κ3) is 7.97. The Labute approximate surface area is 207 Å². The molecule has 0 unspecified atom stereocenters. The molecule has 6 heteroatoms. The molecule has 0 aliphatic heterocycles. The summed E-state index contributed by atoms with van der Waals surface area (Å²) in [6.45, 7) is 8.11. The summed E-state index contributed by atoms with van der Waals surface area (Å²) in [6, 6.07) is 27.0. The van der Waals surface area contributed by atoms with Gasteiger partial charge in [-0.2, -0.15) is 0 Å². The number of nitrogens with one attached hydrogen (secondary N) is 1. The normalized spacial score (nSPS) is 13.2. The molecule has 0 fully saturated rings. The lowest BCUT2D eigenvalue weighted by Crippen LogP contribution is -2.32. The van der Waals surface area contributed by atoms with Crippen LogP contribution in [0, 0.1) is 0 Å². The van der Waals surface area contributed by atoms with Crippen molar-refractivity contribution in [3.63, 3.8) is 0 Å². The number of ether oxygens (including phenoxy) is 1. The van der Waals surface area contributed by atoms with Gasteiger partial charge in [0, 0.05) is 24.3 Å². The summed E-state index contributed by atoms with van der Waals surface area (Å²) in [6.07, 6.45) is -0.584. The van der Waals surface area contributed by atoms with E-state index in [1.54, 1.807) is 32.9 Å². The molecule has 3 rings (SSSR count). The topological polar surface area (TPSA) is 78.9 Å². The van der Waals surface area contributed by atoms with Crippen molar-refractivity contribution in [3.05, 3.63) is 102 Å². The van der Waals surface area contributed by atoms with Gasteiger partial charge >= 0.3 is 12.1 Å². The second-order valence-electron chi connectivity index (χ2n) is 9.61. The molecule has 0 aromatic heterocycles. The Morgan fingerprint density at radius 1 is 0.886 bits per heavy atom. The zero-order valence-corrected chi connectivity index (χ0v) is 20.8. The van der Waals surface area contributed by atoms with Crippen LogP contribution in [0.2, 0.25) is 0 Å². The van der Waals surface area contributed by atoms with Crippen molar-refractivity contribution in [2.24, 2.45) is 0 Å². The Balaban J connectivity index is 1.92. The minimum absolute atomic E-state index is 0.0275. The highest BCUT2D eigenvalue weighted by molar-refractivity contribution is 5.84. The summed E-state index contributed by atoms with van der Waals surface area (Å²) in [5.74, 6) is -0.871. The minimum atomic E-state index is -0.871. The molecular weight excluding hydrogens is 440 g/mol. The Bertz CT molecular complexity index is 1090. The summed E-state index contributed by atoms with van der Waals surface area (Å²) in [5.41, 5.74) is 3.07. The van der Waals surface area contributed by atoms with Gasteiger partial charge in [-0.15, -0.1) is 0 Å². The number of aliphatic carboxylic acids is 1. The van der Waals surface area contributed by atoms with Crippen LogP contribution < -0.4 is 5.32 Å². The van der Waals surface area contributed by atoms with Crippen molar-refractivity contribution in [2.45, 2.75) is 58.3 Å². The van der Waals surface area contributed by atoms with Gasteiger partial charge in [0.25, 0.3) is 0 Å². The fourth-order valence-electron chi connectivity index (χ4n) is 4.04. The number of carboxylic acids is 1. The van der Waals surface area contributed by atoms with Crippen LogP contribution in [-0.4, -0.2) is 27.7 Å². The van der Waals surface area contributed by atoms with Crippen LogP contribution >= 0.6 is 0 Å². The molecule has 0 heterocycles. The Hall–Kier alpha value is -3.64. The summed E-state index contributed by atoms with van der Waals surface area (Å²) in [4.78, 5) is 26.3. The number of nitrogens with zero attached hydrogens (tertiary/aromatic N) is 1. The molecule has 0 spiro atoms. The van der Waals surface area contributed by atoms with Gasteiger partial charge in [0.2, 0.25) is 0 Å². The molecule has 1 amide bonds. The lowest BCUT2D eigenvalue weighted by molar-refractivity contribution is -0.138. The quantitative estimate of drug-likeness (QED) is 0.356. The SMILES string of the molecule is C[C@H](c1ccccc1)N(Cc1ccccc1)[C@@H](CC(=O)O)c1ccc(NC(=O)OC(C)(C)C)cc1. The lowest BCUT2D eigenvalue weighted by Gasteiger charge is -2.37. The van der Waals surface area contributed by atoms with Crippen LogP contribution in [0.15, 0.2) is 84.9 Å². The molecule has 6 nitrogen and oxygen atoms in total. The molecule has 3 aromatic rings. The number of carboxylic acid groups (broad SMARTS) is 1. The Morgan fingerprint density at radius 3 is 2.00 bits per heavy atom. The Morgan fingerprint density at radius 2 is 1.46 bits per heavy atom. The van der Waals surface area contributed by atoms with Crippen LogP contribution in [0.4, 0.5) is 10.5 Å². The van der Waals surface area contributed by atoms with Crippen molar-refractivity contribution in [2.75, 3.05) is 5.32 Å². The highest BCUT2D eigenvalue weighted by Crippen LogP contribution is 2.35. The first-order valence-corrected chi connectivity index (χ1v) is 11.8. The molecule has 0 aliphatic carbocycles. The van der Waals surface area contributed by atoms with E-state index < -0.39 is 17.7 Å². The first-order valence-electron chi connectivity index (χ1n) is 11.8. The van der Waals surface area contributed by atoms with Gasteiger partial charge in [-0.1, -0.05) is 72.8 Å². The van der Waals surface area contributed by atoms with E-state index in [0.29, 0.717) is 12.2 Å². The van der Waals surface area contributed by atoms with E-state index in [1.807, 2.05) is 48.5 Å². The van der Waals surface area contributed by atoms with E-state index >= 15 is 0 Å². The first kappa shape index (κ1) is 26.0. The molecule has 2 N–H and O–H groups in total. The molecule has 2 atom stereocenters. The number of carbonyl (C=O) groups excluding carboxylic acids is 1. The molecule has 0 aliphatic rings. The van der Waals surface area contributed by atoms with Gasteiger partial charge in [-0.05, 0) is 56.5 Å². The van der Waals surface area contributed by atoms with E-state index in [4.69, 9.17) is 4.74 Å². The maximum absolute atomic E-state index is 12.1. The summed E-state index contributed by atoms with van der Waals surface area (Å²) >= 11 is 0. The van der Waals surface area contributed by atoms with Crippen LogP contribution in [0.3, 0.4) is 0 Å². The minimum Gasteiger partial charge on any atom is -0.481 e. The second kappa shape index (κ2) is 11.7. The number of amides is 1. The number of hydrogen-bond acceptors (Lipinski definition) is 4. The lowest BCUT2D eigenvalue weighted by atomic mass is 9.96. The average Bonchev–Trinajstić information content (AvgIpc) is 2.81. The van der Waals surface area contributed by atoms with Crippen molar-refractivity contribution in [3.8, 4) is 0 Å². The first-order chi connectivity index (χ1) is 16.6. The van der Waals surface area contributed by atoms with Crippen LogP contribution in [0.25, 0.3) is 0 Å². The fourth-order valence-corrected chi connectivity index (χ4v) is 4.04. The average molecular weight is 475 g/mol. The van der Waals surface area contributed by atoms with Crippen molar-refractivity contribution in [1.82, 2.24) is 4.90 Å². The van der Waals surface area contributed by atoms with Gasteiger partial charge < -0.3 is 9.84 Å². The van der Waals surface area contributed by atoms with Crippen LogP contribution in [0.1, 0.15) is 62.9 Å². The maximum Gasteiger partial charge on any atom is 0.412 e. The van der Waals surface area contributed by atoms with Crippen molar-refractivity contribution < 1.29 is 19.4 Å². The number of benzene rings is 3. The number of rotatable bonds is 9. The molecule has 184 valence electrons. The van der Waals surface area contributed by atoms with Gasteiger partial charge in [-0.3, -0.25) is 15.0 Å². The summed E-state index contributed by atoms with van der Waals surface area (Å²) in [5, 5.41) is 12.5. The molecule has 0 bridgehead atoms. The van der Waals surface area contributed by atoms with Gasteiger partial charge in [-0.25, -0.2) is 4.79 Å². The van der Waals surface area contributed by atoms with E-state index in [9.17, 15) is 14.7 Å².